The zero-order chi connectivity index (χ0) is 29.6. The van der Waals surface area contributed by atoms with Crippen molar-refractivity contribution in [1.82, 2.24) is 5.01 Å². The zero-order valence-electron chi connectivity index (χ0n) is 23.4. The highest BCUT2D eigenvalue weighted by molar-refractivity contribution is 6.25. The van der Waals surface area contributed by atoms with Crippen LogP contribution in [0.5, 0.6) is 0 Å². The molecule has 0 N–H and O–H groups in total. The molecule has 3 aromatic rings. The molecule has 2 aliphatic heterocycles. The number of carbonyl (C=O) groups excluding carboxylic acids is 4. The molecule has 8 atom stereocenters. The van der Waals surface area contributed by atoms with Gasteiger partial charge in [-0.2, -0.15) is 10.1 Å². The van der Waals surface area contributed by atoms with Gasteiger partial charge in [0.15, 0.2) is 0 Å². The monoisotopic (exact) mass is 583 g/mol. The molecule has 9 aliphatic rings. The molecule has 7 nitrogen and oxygen atoms in total. The third-order valence-corrected chi connectivity index (χ3v) is 11.8. The van der Waals surface area contributed by atoms with Crippen molar-refractivity contribution in [3.05, 3.63) is 113 Å². The second-order valence-corrected chi connectivity index (χ2v) is 13.4. The van der Waals surface area contributed by atoms with Gasteiger partial charge in [-0.05, 0) is 76.6 Å². The van der Waals surface area contributed by atoms with Crippen molar-refractivity contribution >= 4 is 35.5 Å². The number of allylic oxidation sites excluding steroid dienone is 2. The van der Waals surface area contributed by atoms with E-state index in [1.165, 1.54) is 29.2 Å². The Morgan fingerprint density at radius 2 is 1.27 bits per heavy atom. The van der Waals surface area contributed by atoms with E-state index in [9.17, 15) is 23.6 Å². The average Bonchev–Trinajstić information content (AvgIpc) is 3.78. The lowest BCUT2D eigenvalue weighted by molar-refractivity contribution is -0.140. The number of benzene rings is 3. The smallest absolute Gasteiger partial charge is 0.254 e. The van der Waals surface area contributed by atoms with Crippen molar-refractivity contribution in [1.29, 1.82) is 0 Å². The van der Waals surface area contributed by atoms with Crippen LogP contribution in [0.2, 0.25) is 0 Å². The summed E-state index contributed by atoms with van der Waals surface area (Å²) >= 11 is 0. The number of hydrogen-bond acceptors (Lipinski definition) is 5. The SMILES string of the molecule is O=C1[C@@H]2[C@H]3C=C[C@@H]([C@@H]4C[C@H]34)[C@@H]2C(=O)N1/N=C\C12c3ccccc3C(c3ccccc31)[C@@H]1C(=O)N(c3ccc(F)cc3)C(=O)[C@H]12. The van der Waals surface area contributed by atoms with Gasteiger partial charge in [-0.1, -0.05) is 60.7 Å². The van der Waals surface area contributed by atoms with Gasteiger partial charge < -0.3 is 0 Å². The van der Waals surface area contributed by atoms with E-state index in [0.717, 1.165) is 33.7 Å². The summed E-state index contributed by atoms with van der Waals surface area (Å²) in [4.78, 5) is 57.7. The Balaban J connectivity index is 1.15. The third-order valence-electron chi connectivity index (χ3n) is 11.8. The summed E-state index contributed by atoms with van der Waals surface area (Å²) < 4.78 is 13.8. The predicted molar refractivity (Wildman–Crippen MR) is 156 cm³/mol. The molecule has 4 fully saturated rings. The van der Waals surface area contributed by atoms with Crippen molar-refractivity contribution in [2.24, 2.45) is 52.4 Å². The van der Waals surface area contributed by atoms with Crippen molar-refractivity contribution in [3.63, 3.8) is 0 Å². The van der Waals surface area contributed by atoms with E-state index in [1.54, 1.807) is 6.21 Å². The highest BCUT2D eigenvalue weighted by atomic mass is 19.1. The van der Waals surface area contributed by atoms with Crippen LogP contribution in [0.15, 0.2) is 90.0 Å². The summed E-state index contributed by atoms with van der Waals surface area (Å²) in [5.74, 6) is -3.43. The molecule has 216 valence electrons. The second-order valence-electron chi connectivity index (χ2n) is 13.4. The fraction of sp³-hybridized carbons (Fsp3) is 0.306. The average molecular weight is 584 g/mol. The minimum absolute atomic E-state index is 0.0686. The van der Waals surface area contributed by atoms with E-state index in [-0.39, 0.29) is 35.5 Å². The van der Waals surface area contributed by atoms with Crippen LogP contribution < -0.4 is 4.90 Å². The Morgan fingerprint density at radius 1 is 0.705 bits per heavy atom. The summed E-state index contributed by atoms with van der Waals surface area (Å²) in [5, 5.41) is 5.77. The molecule has 0 unspecified atom stereocenters. The van der Waals surface area contributed by atoms with E-state index < -0.39 is 40.8 Å². The topological polar surface area (TPSA) is 87.1 Å². The maximum atomic E-state index is 14.5. The summed E-state index contributed by atoms with van der Waals surface area (Å²) in [6.45, 7) is 0. The van der Waals surface area contributed by atoms with Crippen LogP contribution in [-0.4, -0.2) is 34.9 Å². The molecule has 12 rings (SSSR count). The van der Waals surface area contributed by atoms with Crippen LogP contribution >= 0.6 is 0 Å². The minimum Gasteiger partial charge on any atom is -0.274 e. The number of amides is 4. The van der Waals surface area contributed by atoms with Crippen molar-refractivity contribution in [2.75, 3.05) is 4.90 Å². The minimum atomic E-state index is -1.21. The van der Waals surface area contributed by atoms with Gasteiger partial charge in [-0.25, -0.2) is 9.29 Å². The zero-order valence-corrected chi connectivity index (χ0v) is 23.4. The Kier molecular flexibility index (Phi) is 4.52. The molecule has 3 aromatic carbocycles. The van der Waals surface area contributed by atoms with Gasteiger partial charge >= 0.3 is 0 Å². The van der Waals surface area contributed by atoms with Crippen molar-refractivity contribution in [2.45, 2.75) is 17.8 Å². The van der Waals surface area contributed by atoms with Crippen LogP contribution in [0.4, 0.5) is 10.1 Å². The van der Waals surface area contributed by atoms with E-state index in [1.807, 2.05) is 48.5 Å². The lowest BCUT2D eigenvalue weighted by Gasteiger charge is -2.52. The normalized spacial score (nSPS) is 38.2. The van der Waals surface area contributed by atoms with Crippen LogP contribution in [0.1, 0.15) is 34.6 Å². The third kappa shape index (κ3) is 2.72. The maximum absolute atomic E-state index is 14.5. The van der Waals surface area contributed by atoms with Gasteiger partial charge in [0.25, 0.3) is 11.8 Å². The Hall–Kier alpha value is -4.72. The predicted octanol–water partition coefficient (Wildman–Crippen LogP) is 4.42. The number of anilines is 1. The van der Waals surface area contributed by atoms with Crippen LogP contribution in [0, 0.1) is 53.2 Å². The van der Waals surface area contributed by atoms with Gasteiger partial charge in [-0.15, -0.1) is 0 Å². The number of hydrazone groups is 1. The first-order valence-electron chi connectivity index (χ1n) is 15.4. The largest absolute Gasteiger partial charge is 0.274 e. The fourth-order valence-corrected chi connectivity index (χ4v) is 10.1. The van der Waals surface area contributed by atoms with Gasteiger partial charge in [0.1, 0.15) is 5.82 Å². The summed E-state index contributed by atoms with van der Waals surface area (Å²) in [5.41, 5.74) is 2.64. The molecule has 0 radical (unpaired) electrons. The second kappa shape index (κ2) is 8.05. The Morgan fingerprint density at radius 3 is 1.86 bits per heavy atom. The molecule has 2 saturated carbocycles. The highest BCUT2D eigenvalue weighted by Crippen LogP contribution is 2.66. The van der Waals surface area contributed by atoms with Crippen LogP contribution in [0.3, 0.4) is 0 Å². The van der Waals surface area contributed by atoms with Gasteiger partial charge in [0.05, 0.1) is 34.8 Å². The van der Waals surface area contributed by atoms with Crippen LogP contribution in [-0.2, 0) is 24.6 Å². The Labute approximate surface area is 252 Å². The van der Waals surface area contributed by atoms with E-state index in [2.05, 4.69) is 12.2 Å². The summed E-state index contributed by atoms with van der Waals surface area (Å²) in [6.07, 6.45) is 6.94. The number of rotatable bonds is 3. The first-order chi connectivity index (χ1) is 21.4. The Bertz CT molecular complexity index is 1850. The lowest BCUT2D eigenvalue weighted by atomic mass is 9.47. The highest BCUT2D eigenvalue weighted by Gasteiger charge is 2.69. The molecule has 44 heavy (non-hydrogen) atoms. The first kappa shape index (κ1) is 24.7. The standard InChI is InChI=1S/C36H26FN3O4/c37-17-9-11-18(12-10-17)39-32(41)30-27-21-5-1-3-7-25(21)36(31(30)35(39)44,26-8-4-2-6-22(26)27)16-38-40-33(42)28-19-13-14-20(24-15-23(19)24)29(28)34(40)43/h1-14,16,19-20,23-24,27-31H,15H2/b38-16-/t19-,20-,23-,24+,27?,28-,29+,30-,31-,36?/m0/s1. The van der Waals surface area contributed by atoms with E-state index in [4.69, 9.17) is 5.10 Å². The summed E-state index contributed by atoms with van der Waals surface area (Å²) in [6, 6.07) is 20.9. The van der Waals surface area contributed by atoms with Gasteiger partial charge in [0.2, 0.25) is 11.8 Å². The molecule has 2 saturated heterocycles. The molecule has 8 heteroatoms. The van der Waals surface area contributed by atoms with Crippen molar-refractivity contribution in [3.8, 4) is 0 Å². The molecule has 4 bridgehead atoms. The van der Waals surface area contributed by atoms with Gasteiger partial charge in [-0.3, -0.25) is 19.2 Å². The molecule has 2 heterocycles. The summed E-state index contributed by atoms with van der Waals surface area (Å²) in [7, 11) is 0. The first-order valence-corrected chi connectivity index (χ1v) is 15.4. The number of imide groups is 2. The lowest BCUT2D eigenvalue weighted by Crippen LogP contribution is -2.55. The molecule has 0 aromatic heterocycles. The fourth-order valence-electron chi connectivity index (χ4n) is 10.1. The molecule has 4 amide bonds. The number of hydrogen-bond donors (Lipinski definition) is 0. The number of nitrogens with zero attached hydrogens (tertiary/aromatic N) is 3. The molecular formula is C36H26FN3O4. The number of halogens is 1. The van der Waals surface area contributed by atoms with Crippen molar-refractivity contribution < 1.29 is 23.6 Å². The quantitative estimate of drug-likeness (QED) is 0.260. The molecule has 0 spiro atoms. The van der Waals surface area contributed by atoms with Crippen LogP contribution in [0.25, 0.3) is 0 Å². The van der Waals surface area contributed by atoms with Gasteiger partial charge in [0, 0.05) is 12.1 Å². The maximum Gasteiger partial charge on any atom is 0.254 e. The molecular weight excluding hydrogens is 557 g/mol. The number of carbonyl (C=O) groups is 4. The van der Waals surface area contributed by atoms with E-state index >= 15 is 0 Å². The molecule has 7 aliphatic carbocycles. The van der Waals surface area contributed by atoms with E-state index in [0.29, 0.717) is 17.5 Å².